The van der Waals surface area contributed by atoms with Crippen LogP contribution in [0.3, 0.4) is 0 Å². The molecule has 0 heterocycles. The summed E-state index contributed by atoms with van der Waals surface area (Å²) in [5.41, 5.74) is 4.84. The molecule has 1 amide bonds. The second-order valence-corrected chi connectivity index (χ2v) is 4.46. The molecule has 2 aromatic carbocycles. The number of aryl methyl sites for hydroxylation is 1. The van der Waals surface area contributed by atoms with Crippen molar-refractivity contribution in [2.24, 2.45) is 5.84 Å². The van der Waals surface area contributed by atoms with Crippen molar-refractivity contribution in [3.8, 4) is 5.75 Å². The Morgan fingerprint density at radius 1 is 1.15 bits per heavy atom. The number of hydrogen-bond donors (Lipinski definition) is 2. The first kappa shape index (κ1) is 14.1. The van der Waals surface area contributed by atoms with Crippen LogP contribution in [0.25, 0.3) is 0 Å². The maximum atomic E-state index is 11.4. The minimum Gasteiger partial charge on any atom is -0.489 e. The fourth-order valence-electron chi connectivity index (χ4n) is 1.87. The van der Waals surface area contributed by atoms with Crippen LogP contribution in [0.4, 0.5) is 0 Å². The quantitative estimate of drug-likeness (QED) is 0.498. The summed E-state index contributed by atoms with van der Waals surface area (Å²) in [6.07, 6.45) is 1.01. The monoisotopic (exact) mass is 270 g/mol. The molecule has 2 rings (SSSR count). The third-order valence-electron chi connectivity index (χ3n) is 3.06. The molecule has 0 saturated carbocycles. The van der Waals surface area contributed by atoms with Crippen molar-refractivity contribution >= 4 is 5.91 Å². The maximum absolute atomic E-state index is 11.4. The molecule has 0 aliphatic carbocycles. The molecule has 0 bridgehead atoms. The maximum Gasteiger partial charge on any atom is 0.265 e. The summed E-state index contributed by atoms with van der Waals surface area (Å²) in [7, 11) is 0. The van der Waals surface area contributed by atoms with E-state index >= 15 is 0 Å². The molecule has 4 heteroatoms. The summed E-state index contributed by atoms with van der Waals surface area (Å²) in [4.78, 5) is 11.4. The first-order valence-corrected chi connectivity index (χ1v) is 6.54. The summed E-state index contributed by atoms with van der Waals surface area (Å²) in [6.45, 7) is 2.53. The molecule has 4 nitrogen and oxygen atoms in total. The number of nitrogen functional groups attached to an aromatic ring is 1. The van der Waals surface area contributed by atoms with Crippen molar-refractivity contribution in [1.82, 2.24) is 5.43 Å². The van der Waals surface area contributed by atoms with Gasteiger partial charge in [0.15, 0.2) is 0 Å². The van der Waals surface area contributed by atoms with Gasteiger partial charge >= 0.3 is 0 Å². The van der Waals surface area contributed by atoms with Crippen molar-refractivity contribution in [2.45, 2.75) is 20.0 Å². The van der Waals surface area contributed by atoms with Gasteiger partial charge in [-0.25, -0.2) is 5.84 Å². The number of carbonyl (C=O) groups is 1. The number of hydrogen-bond acceptors (Lipinski definition) is 3. The summed E-state index contributed by atoms with van der Waals surface area (Å²) < 4.78 is 5.70. The summed E-state index contributed by atoms with van der Waals surface area (Å²) in [6, 6.07) is 15.2. The topological polar surface area (TPSA) is 64.3 Å². The Balaban J connectivity index is 2.01. The molecule has 3 N–H and O–H groups in total. The van der Waals surface area contributed by atoms with Gasteiger partial charge in [-0.1, -0.05) is 31.2 Å². The summed E-state index contributed by atoms with van der Waals surface area (Å²) >= 11 is 0. The summed E-state index contributed by atoms with van der Waals surface area (Å²) in [5, 5.41) is 0. The van der Waals surface area contributed by atoms with Crippen LogP contribution in [0.5, 0.6) is 5.75 Å². The highest BCUT2D eigenvalue weighted by atomic mass is 16.5. The minimum absolute atomic E-state index is 0.306. The molecule has 0 radical (unpaired) electrons. The SMILES string of the molecule is CCc1ccc(OCc2cccc(C(=O)NN)c2)cc1. The van der Waals surface area contributed by atoms with Crippen LogP contribution in [0, 0.1) is 0 Å². The van der Waals surface area contributed by atoms with Crippen LogP contribution in [-0.4, -0.2) is 5.91 Å². The second kappa shape index (κ2) is 6.73. The number of carbonyl (C=O) groups excluding carboxylic acids is 1. The van der Waals surface area contributed by atoms with Crippen molar-refractivity contribution < 1.29 is 9.53 Å². The standard InChI is InChI=1S/C16H18N2O2/c1-2-12-6-8-15(9-7-12)20-11-13-4-3-5-14(10-13)16(19)18-17/h3-10H,2,11,17H2,1H3,(H,18,19). The van der Waals surface area contributed by atoms with Crippen LogP contribution in [-0.2, 0) is 13.0 Å². The van der Waals surface area contributed by atoms with E-state index in [2.05, 4.69) is 12.3 Å². The first-order chi connectivity index (χ1) is 9.72. The number of rotatable bonds is 5. The van der Waals surface area contributed by atoms with Gasteiger partial charge in [-0.3, -0.25) is 10.2 Å². The van der Waals surface area contributed by atoms with Gasteiger partial charge in [0.1, 0.15) is 12.4 Å². The fraction of sp³-hybridized carbons (Fsp3) is 0.188. The zero-order chi connectivity index (χ0) is 14.4. The number of ether oxygens (including phenoxy) is 1. The Labute approximate surface area is 118 Å². The number of amides is 1. The minimum atomic E-state index is -0.306. The van der Waals surface area contributed by atoms with E-state index in [0.717, 1.165) is 17.7 Å². The fourth-order valence-corrected chi connectivity index (χ4v) is 1.87. The third kappa shape index (κ3) is 3.59. The highest BCUT2D eigenvalue weighted by Crippen LogP contribution is 2.15. The predicted octanol–water partition coefficient (Wildman–Crippen LogP) is 2.43. The second-order valence-electron chi connectivity index (χ2n) is 4.46. The Kier molecular flexibility index (Phi) is 4.74. The number of nitrogens with two attached hydrogens (primary N) is 1. The van der Waals surface area contributed by atoms with Crippen molar-refractivity contribution in [3.63, 3.8) is 0 Å². The highest BCUT2D eigenvalue weighted by molar-refractivity contribution is 5.93. The van der Waals surface area contributed by atoms with E-state index in [1.165, 1.54) is 5.56 Å². The van der Waals surface area contributed by atoms with E-state index in [-0.39, 0.29) is 5.91 Å². The van der Waals surface area contributed by atoms with E-state index in [1.54, 1.807) is 12.1 Å². The average molecular weight is 270 g/mol. The van der Waals surface area contributed by atoms with E-state index in [9.17, 15) is 4.79 Å². The lowest BCUT2D eigenvalue weighted by Gasteiger charge is -2.08. The molecular formula is C16H18N2O2. The van der Waals surface area contributed by atoms with Gasteiger partial charge in [0.2, 0.25) is 0 Å². The lowest BCUT2D eigenvalue weighted by Crippen LogP contribution is -2.30. The smallest absolute Gasteiger partial charge is 0.265 e. The average Bonchev–Trinajstić information content (AvgIpc) is 2.53. The number of nitrogens with one attached hydrogen (secondary N) is 1. The largest absolute Gasteiger partial charge is 0.489 e. The van der Waals surface area contributed by atoms with Gasteiger partial charge in [-0.2, -0.15) is 0 Å². The van der Waals surface area contributed by atoms with Crippen LogP contribution in [0.2, 0.25) is 0 Å². The van der Waals surface area contributed by atoms with Gasteiger partial charge in [0.25, 0.3) is 5.91 Å². The van der Waals surface area contributed by atoms with Crippen LogP contribution < -0.4 is 16.0 Å². The molecule has 20 heavy (non-hydrogen) atoms. The molecular weight excluding hydrogens is 252 g/mol. The van der Waals surface area contributed by atoms with Gasteiger partial charge < -0.3 is 4.74 Å². The van der Waals surface area contributed by atoms with E-state index < -0.39 is 0 Å². The van der Waals surface area contributed by atoms with Gasteiger partial charge in [-0.05, 0) is 41.8 Å². The van der Waals surface area contributed by atoms with Crippen molar-refractivity contribution in [2.75, 3.05) is 0 Å². The molecule has 0 saturated heterocycles. The third-order valence-corrected chi connectivity index (χ3v) is 3.06. The Hall–Kier alpha value is -2.33. The highest BCUT2D eigenvalue weighted by Gasteiger charge is 2.04. The lowest BCUT2D eigenvalue weighted by atomic mass is 10.1. The van der Waals surface area contributed by atoms with E-state index in [4.69, 9.17) is 10.6 Å². The Morgan fingerprint density at radius 3 is 2.55 bits per heavy atom. The van der Waals surface area contributed by atoms with Crippen LogP contribution in [0.1, 0.15) is 28.4 Å². The van der Waals surface area contributed by atoms with Crippen LogP contribution in [0.15, 0.2) is 48.5 Å². The van der Waals surface area contributed by atoms with Crippen molar-refractivity contribution in [1.29, 1.82) is 0 Å². The summed E-state index contributed by atoms with van der Waals surface area (Å²) in [5.74, 6) is 5.62. The molecule has 104 valence electrons. The molecule has 0 spiro atoms. The molecule has 0 aliphatic rings. The zero-order valence-corrected chi connectivity index (χ0v) is 11.4. The van der Waals surface area contributed by atoms with E-state index in [0.29, 0.717) is 12.2 Å². The van der Waals surface area contributed by atoms with E-state index in [1.807, 2.05) is 36.4 Å². The van der Waals surface area contributed by atoms with Crippen molar-refractivity contribution in [3.05, 3.63) is 65.2 Å². The predicted molar refractivity (Wildman–Crippen MR) is 78.2 cm³/mol. The number of benzene rings is 2. The Bertz CT molecular complexity index is 579. The normalized spacial score (nSPS) is 10.1. The van der Waals surface area contributed by atoms with Crippen LogP contribution >= 0.6 is 0 Å². The molecule has 0 fully saturated rings. The van der Waals surface area contributed by atoms with Gasteiger partial charge in [0, 0.05) is 5.56 Å². The zero-order valence-electron chi connectivity index (χ0n) is 11.4. The first-order valence-electron chi connectivity index (χ1n) is 6.54. The molecule has 2 aromatic rings. The molecule has 0 aromatic heterocycles. The lowest BCUT2D eigenvalue weighted by molar-refractivity contribution is 0.0953. The molecule has 0 unspecified atom stereocenters. The Morgan fingerprint density at radius 2 is 1.90 bits per heavy atom. The molecule has 0 aliphatic heterocycles. The van der Waals surface area contributed by atoms with Gasteiger partial charge in [-0.15, -0.1) is 0 Å². The van der Waals surface area contributed by atoms with Gasteiger partial charge in [0.05, 0.1) is 0 Å². The molecule has 0 atom stereocenters. The number of hydrazine groups is 1.